The van der Waals surface area contributed by atoms with Crippen molar-refractivity contribution in [3.8, 4) is 0 Å². The first kappa shape index (κ1) is 16.9. The van der Waals surface area contributed by atoms with Crippen LogP contribution in [0.2, 0.25) is 0 Å². The smallest absolute Gasteiger partial charge is 0.390 e. The molecule has 0 spiro atoms. The summed E-state index contributed by atoms with van der Waals surface area (Å²) in [6.45, 7) is 0.686. The molecule has 0 saturated heterocycles. The van der Waals surface area contributed by atoms with Crippen LogP contribution < -0.4 is 0 Å². The summed E-state index contributed by atoms with van der Waals surface area (Å²) in [7, 11) is -3.10. The largest absolute Gasteiger partial charge is 0.477 e. The van der Waals surface area contributed by atoms with Gasteiger partial charge in [0.1, 0.15) is 4.88 Å². The number of halogens is 3. The van der Waals surface area contributed by atoms with Gasteiger partial charge in [-0.05, 0) is 13.0 Å². The van der Waals surface area contributed by atoms with E-state index in [9.17, 15) is 26.4 Å². The number of carbonyl (C=O) groups is 1. The van der Waals surface area contributed by atoms with E-state index < -0.39 is 35.1 Å². The van der Waals surface area contributed by atoms with Gasteiger partial charge in [0.05, 0.1) is 11.3 Å². The van der Waals surface area contributed by atoms with Crippen LogP contribution in [0.5, 0.6) is 0 Å². The molecule has 0 aliphatic carbocycles. The Hall–Kier alpha value is -1.13. The Balaban J connectivity index is 3.01. The molecule has 1 heterocycles. The number of rotatable bonds is 5. The summed E-state index contributed by atoms with van der Waals surface area (Å²) in [5.41, 5.74) is 0. The topological polar surface area (TPSA) is 74.7 Å². The van der Waals surface area contributed by atoms with Crippen LogP contribution in [0.15, 0.2) is 11.0 Å². The molecule has 0 saturated carbocycles. The molecule has 0 aromatic carbocycles. The Morgan fingerprint density at radius 1 is 1.45 bits per heavy atom. The summed E-state index contributed by atoms with van der Waals surface area (Å²) in [5.74, 6) is -1.28. The van der Waals surface area contributed by atoms with E-state index in [4.69, 9.17) is 5.11 Å². The lowest BCUT2D eigenvalue weighted by Gasteiger charge is -2.17. The van der Waals surface area contributed by atoms with Gasteiger partial charge in [-0.3, -0.25) is 0 Å². The summed E-state index contributed by atoms with van der Waals surface area (Å²) < 4.78 is 61.0. The van der Waals surface area contributed by atoms with Gasteiger partial charge in [0, 0.05) is 18.5 Å². The molecule has 20 heavy (non-hydrogen) atoms. The van der Waals surface area contributed by atoms with Crippen LogP contribution in [-0.4, -0.2) is 43.6 Å². The second-order valence-corrected chi connectivity index (χ2v) is 7.30. The first-order valence-electron chi connectivity index (χ1n) is 5.32. The van der Waals surface area contributed by atoms with Crippen molar-refractivity contribution in [2.45, 2.75) is 24.4 Å². The number of carboxylic acids is 1. The van der Waals surface area contributed by atoms with Gasteiger partial charge in [0.15, 0.2) is 0 Å². The molecular formula is C10H12F3NO4S2. The van der Waals surface area contributed by atoms with Gasteiger partial charge >= 0.3 is 12.1 Å². The lowest BCUT2D eigenvalue weighted by molar-refractivity contribution is -0.135. The fourth-order valence-electron chi connectivity index (χ4n) is 1.40. The zero-order valence-corrected chi connectivity index (χ0v) is 12.2. The number of hydrogen-bond donors (Lipinski definition) is 1. The number of carboxylic acid groups (broad SMARTS) is 1. The second kappa shape index (κ2) is 5.70. The Labute approximate surface area is 117 Å². The Morgan fingerprint density at radius 2 is 2.00 bits per heavy atom. The van der Waals surface area contributed by atoms with Crippen molar-refractivity contribution >= 4 is 27.3 Å². The molecule has 5 nitrogen and oxygen atoms in total. The van der Waals surface area contributed by atoms with Gasteiger partial charge in [-0.1, -0.05) is 0 Å². The number of nitrogens with zero attached hydrogens (tertiary/aromatic N) is 1. The van der Waals surface area contributed by atoms with Crippen LogP contribution in [0.25, 0.3) is 0 Å². The number of alkyl halides is 3. The van der Waals surface area contributed by atoms with E-state index in [-0.39, 0.29) is 14.6 Å². The van der Waals surface area contributed by atoms with Crippen LogP contribution in [0.4, 0.5) is 13.2 Å². The molecular weight excluding hydrogens is 319 g/mol. The highest BCUT2D eigenvalue weighted by Crippen LogP contribution is 2.28. The molecule has 0 bridgehead atoms. The highest BCUT2D eigenvalue weighted by Gasteiger charge is 2.31. The van der Waals surface area contributed by atoms with Gasteiger partial charge in [-0.2, -0.15) is 13.2 Å². The minimum atomic E-state index is -4.46. The van der Waals surface area contributed by atoms with E-state index >= 15 is 0 Å². The maximum atomic E-state index is 12.1. The van der Waals surface area contributed by atoms with E-state index in [0.717, 1.165) is 24.5 Å². The van der Waals surface area contributed by atoms with E-state index in [2.05, 4.69) is 0 Å². The van der Waals surface area contributed by atoms with Gasteiger partial charge in [-0.25, -0.2) is 17.5 Å². The summed E-state index contributed by atoms with van der Waals surface area (Å²) in [5, 5.41) is 8.79. The SMILES string of the molecule is Cc1sc(C(=O)O)cc1S(=O)(=O)N(C)CCC(F)(F)F. The predicted octanol–water partition coefficient (Wildman–Crippen LogP) is 2.33. The molecule has 10 heteroatoms. The van der Waals surface area contributed by atoms with Crippen molar-refractivity contribution in [2.24, 2.45) is 0 Å². The van der Waals surface area contributed by atoms with E-state index in [1.54, 1.807) is 0 Å². The molecule has 1 rings (SSSR count). The molecule has 0 atom stereocenters. The first-order valence-corrected chi connectivity index (χ1v) is 7.57. The standard InChI is InChI=1S/C10H12F3NO4S2/c1-6-8(5-7(19-6)9(15)16)20(17,18)14(2)4-3-10(11,12)13/h5H,3-4H2,1-2H3,(H,15,16). The average molecular weight is 331 g/mol. The molecule has 114 valence electrons. The number of thiophene rings is 1. The number of aryl methyl sites for hydroxylation is 1. The van der Waals surface area contributed by atoms with Crippen LogP contribution in [-0.2, 0) is 10.0 Å². The number of hydrogen-bond acceptors (Lipinski definition) is 4. The highest BCUT2D eigenvalue weighted by molar-refractivity contribution is 7.89. The Kier molecular flexibility index (Phi) is 4.82. The molecule has 0 aliphatic heterocycles. The van der Waals surface area contributed by atoms with Crippen molar-refractivity contribution in [3.05, 3.63) is 15.8 Å². The molecule has 0 fully saturated rings. The average Bonchev–Trinajstić information content (AvgIpc) is 2.67. The molecule has 0 unspecified atom stereocenters. The van der Waals surface area contributed by atoms with Gasteiger partial charge in [0.2, 0.25) is 10.0 Å². The zero-order chi connectivity index (χ0) is 15.7. The maximum Gasteiger partial charge on any atom is 0.390 e. The van der Waals surface area contributed by atoms with Crippen molar-refractivity contribution in [3.63, 3.8) is 0 Å². The third-order valence-corrected chi connectivity index (χ3v) is 5.63. The normalized spacial score (nSPS) is 12.9. The van der Waals surface area contributed by atoms with Crippen molar-refractivity contribution in [1.82, 2.24) is 4.31 Å². The zero-order valence-electron chi connectivity index (χ0n) is 10.6. The minimum absolute atomic E-state index is 0.176. The van der Waals surface area contributed by atoms with Crippen molar-refractivity contribution in [1.29, 1.82) is 0 Å². The quantitative estimate of drug-likeness (QED) is 0.898. The number of sulfonamides is 1. The second-order valence-electron chi connectivity index (χ2n) is 4.03. The minimum Gasteiger partial charge on any atom is -0.477 e. The molecule has 0 aliphatic rings. The molecule has 1 aromatic rings. The van der Waals surface area contributed by atoms with Gasteiger partial charge in [-0.15, -0.1) is 11.3 Å². The third-order valence-electron chi connectivity index (χ3n) is 2.48. The van der Waals surface area contributed by atoms with E-state index in [1.807, 2.05) is 0 Å². The van der Waals surface area contributed by atoms with Crippen molar-refractivity contribution < 1.29 is 31.5 Å². The van der Waals surface area contributed by atoms with Crippen LogP contribution in [0, 0.1) is 6.92 Å². The Bertz CT molecular complexity index is 607. The molecule has 1 aromatic heterocycles. The first-order chi connectivity index (χ1) is 8.95. The molecule has 1 N–H and O–H groups in total. The monoisotopic (exact) mass is 331 g/mol. The summed E-state index contributed by atoms with van der Waals surface area (Å²) in [6.07, 6.45) is -5.72. The summed E-state index contributed by atoms with van der Waals surface area (Å²) in [4.78, 5) is 10.5. The van der Waals surface area contributed by atoms with Crippen LogP contribution in [0.3, 0.4) is 0 Å². The molecule has 0 radical (unpaired) electrons. The van der Waals surface area contributed by atoms with Gasteiger partial charge in [0.25, 0.3) is 0 Å². The highest BCUT2D eigenvalue weighted by atomic mass is 32.2. The third kappa shape index (κ3) is 3.93. The lowest BCUT2D eigenvalue weighted by Crippen LogP contribution is -2.30. The van der Waals surface area contributed by atoms with Crippen molar-refractivity contribution in [2.75, 3.05) is 13.6 Å². The maximum absolute atomic E-state index is 12.1. The summed E-state index contributed by atoms with van der Waals surface area (Å²) in [6, 6.07) is 0.960. The lowest BCUT2D eigenvalue weighted by atomic mass is 10.4. The van der Waals surface area contributed by atoms with Crippen LogP contribution in [0.1, 0.15) is 21.0 Å². The molecule has 0 amide bonds. The predicted molar refractivity (Wildman–Crippen MR) is 66.5 cm³/mol. The Morgan fingerprint density at radius 3 is 2.40 bits per heavy atom. The van der Waals surface area contributed by atoms with E-state index in [0.29, 0.717) is 4.31 Å². The fraction of sp³-hybridized carbons (Fsp3) is 0.500. The van der Waals surface area contributed by atoms with Crippen LogP contribution >= 0.6 is 11.3 Å². The number of aromatic carboxylic acids is 1. The van der Waals surface area contributed by atoms with Gasteiger partial charge < -0.3 is 5.11 Å². The summed E-state index contributed by atoms with van der Waals surface area (Å²) >= 11 is 0.763. The fourth-order valence-corrected chi connectivity index (χ4v) is 3.97. The van der Waals surface area contributed by atoms with E-state index in [1.165, 1.54) is 6.92 Å².